The Hall–Kier alpha value is -4.58. The molecule has 2 amide bonds. The van der Waals surface area contributed by atoms with Gasteiger partial charge in [-0.25, -0.2) is 0 Å². The fourth-order valence-electron chi connectivity index (χ4n) is 4.72. The Morgan fingerprint density at radius 1 is 0.571 bits per heavy atom. The number of ether oxygens (including phenoxy) is 2. The lowest BCUT2D eigenvalue weighted by atomic mass is 9.99. The molecule has 0 aromatic heterocycles. The number of carbonyl (C=O) groups excluding carboxylic acids is 2. The molecule has 0 aliphatic rings. The van der Waals surface area contributed by atoms with E-state index in [9.17, 15) is 9.59 Å². The number of benzene rings is 4. The third-order valence-corrected chi connectivity index (χ3v) is 7.35. The van der Waals surface area contributed by atoms with Crippen molar-refractivity contribution in [2.45, 2.75) is 66.6 Å². The smallest absolute Gasteiger partial charge is 0.265 e. The summed E-state index contributed by atoms with van der Waals surface area (Å²) in [5, 5.41) is 6.07. The van der Waals surface area contributed by atoms with Gasteiger partial charge in [-0.1, -0.05) is 62.4 Å². The molecular weight excluding hydrogens is 524 g/mol. The highest BCUT2D eigenvalue weighted by Gasteiger charge is 2.21. The largest absolute Gasteiger partial charge is 0.480 e. The SMILES string of the molecule is CCC(Oc1ccccc1C)C(=O)Nc1ccc(-c2ccc(NC(=O)C(CC)Oc3ccccc3C)c(C)c2)cc1C. The molecule has 2 N–H and O–H groups in total. The molecule has 0 saturated heterocycles. The summed E-state index contributed by atoms with van der Waals surface area (Å²) in [6.07, 6.45) is -0.0810. The topological polar surface area (TPSA) is 76.7 Å². The van der Waals surface area contributed by atoms with E-state index in [-0.39, 0.29) is 11.8 Å². The number of para-hydroxylation sites is 2. The Balaban J connectivity index is 1.42. The summed E-state index contributed by atoms with van der Waals surface area (Å²) in [4.78, 5) is 26.1. The van der Waals surface area contributed by atoms with Crippen molar-refractivity contribution in [2.24, 2.45) is 0 Å². The summed E-state index contributed by atoms with van der Waals surface area (Å²) in [6.45, 7) is 11.8. The van der Waals surface area contributed by atoms with Crippen LogP contribution < -0.4 is 20.1 Å². The summed E-state index contributed by atoms with van der Waals surface area (Å²) < 4.78 is 12.0. The first-order valence-electron chi connectivity index (χ1n) is 14.5. The van der Waals surface area contributed by atoms with E-state index in [1.807, 2.05) is 114 Å². The average Bonchev–Trinajstić information content (AvgIpc) is 2.98. The van der Waals surface area contributed by atoms with Gasteiger partial charge in [-0.15, -0.1) is 0 Å². The Labute approximate surface area is 249 Å². The first kappa shape index (κ1) is 30.4. The van der Waals surface area contributed by atoms with Crippen LogP contribution in [0.1, 0.15) is 48.9 Å². The molecule has 0 aliphatic carbocycles. The molecule has 6 nitrogen and oxygen atoms in total. The van der Waals surface area contributed by atoms with E-state index in [0.717, 1.165) is 44.8 Å². The van der Waals surface area contributed by atoms with Gasteiger partial charge in [0.15, 0.2) is 12.2 Å². The van der Waals surface area contributed by atoms with Crippen molar-refractivity contribution in [3.05, 3.63) is 107 Å². The zero-order valence-corrected chi connectivity index (χ0v) is 25.3. The van der Waals surface area contributed by atoms with Crippen LogP contribution in [0, 0.1) is 27.7 Å². The molecule has 0 bridgehead atoms. The molecule has 0 aliphatic heterocycles. The summed E-state index contributed by atoms with van der Waals surface area (Å²) in [5.41, 5.74) is 7.40. The first-order valence-corrected chi connectivity index (χ1v) is 14.5. The van der Waals surface area contributed by atoms with E-state index in [4.69, 9.17) is 9.47 Å². The minimum absolute atomic E-state index is 0.177. The maximum atomic E-state index is 13.0. The fourth-order valence-corrected chi connectivity index (χ4v) is 4.72. The van der Waals surface area contributed by atoms with E-state index in [1.54, 1.807) is 0 Å². The number of nitrogens with one attached hydrogen (secondary N) is 2. The van der Waals surface area contributed by atoms with Gasteiger partial charge >= 0.3 is 0 Å². The van der Waals surface area contributed by atoms with Crippen LogP contribution in [0.4, 0.5) is 11.4 Å². The Morgan fingerprint density at radius 3 is 1.29 bits per heavy atom. The number of hydrogen-bond donors (Lipinski definition) is 2. The normalized spacial score (nSPS) is 12.2. The lowest BCUT2D eigenvalue weighted by Gasteiger charge is -2.20. The monoisotopic (exact) mass is 564 g/mol. The van der Waals surface area contributed by atoms with Crippen LogP contribution in [0.5, 0.6) is 11.5 Å². The minimum Gasteiger partial charge on any atom is -0.480 e. The number of aryl methyl sites for hydroxylation is 4. The minimum atomic E-state index is -0.593. The summed E-state index contributed by atoms with van der Waals surface area (Å²) in [7, 11) is 0. The number of rotatable bonds is 11. The molecule has 4 rings (SSSR count). The Bertz CT molecular complexity index is 1450. The fraction of sp³-hybridized carbons (Fsp3) is 0.278. The number of carbonyl (C=O) groups is 2. The van der Waals surface area contributed by atoms with Crippen LogP contribution in [0.3, 0.4) is 0 Å². The molecule has 0 fully saturated rings. The quantitative estimate of drug-likeness (QED) is 0.193. The van der Waals surface area contributed by atoms with Crippen molar-refractivity contribution in [3.8, 4) is 22.6 Å². The van der Waals surface area contributed by atoms with Crippen molar-refractivity contribution in [2.75, 3.05) is 10.6 Å². The predicted octanol–water partition coefficient (Wildman–Crippen LogP) is 8.18. The van der Waals surface area contributed by atoms with Gasteiger partial charge in [0, 0.05) is 11.4 Å². The molecular formula is C36H40N2O4. The molecule has 0 saturated carbocycles. The molecule has 0 radical (unpaired) electrons. The maximum absolute atomic E-state index is 13.0. The predicted molar refractivity (Wildman–Crippen MR) is 170 cm³/mol. The van der Waals surface area contributed by atoms with Crippen LogP contribution in [-0.2, 0) is 9.59 Å². The van der Waals surface area contributed by atoms with Gasteiger partial charge in [0.2, 0.25) is 0 Å². The lowest BCUT2D eigenvalue weighted by Crippen LogP contribution is -2.32. The summed E-state index contributed by atoms with van der Waals surface area (Å²) in [5.74, 6) is 1.07. The zero-order valence-electron chi connectivity index (χ0n) is 25.3. The third-order valence-electron chi connectivity index (χ3n) is 7.35. The lowest BCUT2D eigenvalue weighted by molar-refractivity contribution is -0.123. The number of hydrogen-bond acceptors (Lipinski definition) is 4. The third kappa shape index (κ3) is 7.38. The van der Waals surface area contributed by atoms with Crippen LogP contribution in [0.15, 0.2) is 84.9 Å². The van der Waals surface area contributed by atoms with Crippen LogP contribution in [0.2, 0.25) is 0 Å². The molecule has 218 valence electrons. The molecule has 2 unspecified atom stereocenters. The van der Waals surface area contributed by atoms with Gasteiger partial charge in [0.1, 0.15) is 11.5 Å². The average molecular weight is 565 g/mol. The highest BCUT2D eigenvalue weighted by Crippen LogP contribution is 2.29. The van der Waals surface area contributed by atoms with Crippen molar-refractivity contribution in [3.63, 3.8) is 0 Å². The van der Waals surface area contributed by atoms with Gasteiger partial charge in [-0.2, -0.15) is 0 Å². The van der Waals surface area contributed by atoms with Gasteiger partial charge in [-0.05, 0) is 110 Å². The van der Waals surface area contributed by atoms with E-state index < -0.39 is 12.2 Å². The molecule has 0 spiro atoms. The maximum Gasteiger partial charge on any atom is 0.265 e. The molecule has 6 heteroatoms. The van der Waals surface area contributed by atoms with E-state index >= 15 is 0 Å². The first-order chi connectivity index (χ1) is 20.2. The summed E-state index contributed by atoms with van der Waals surface area (Å²) in [6, 6.07) is 27.3. The van der Waals surface area contributed by atoms with Crippen molar-refractivity contribution in [1.82, 2.24) is 0 Å². The number of amides is 2. The number of anilines is 2. The van der Waals surface area contributed by atoms with Crippen molar-refractivity contribution >= 4 is 23.2 Å². The van der Waals surface area contributed by atoms with E-state index in [1.165, 1.54) is 0 Å². The van der Waals surface area contributed by atoms with Crippen molar-refractivity contribution < 1.29 is 19.1 Å². The molecule has 2 atom stereocenters. The van der Waals surface area contributed by atoms with Crippen LogP contribution >= 0.6 is 0 Å². The second kappa shape index (κ2) is 13.9. The highest BCUT2D eigenvalue weighted by atomic mass is 16.5. The van der Waals surface area contributed by atoms with Crippen molar-refractivity contribution in [1.29, 1.82) is 0 Å². The molecule has 4 aromatic carbocycles. The van der Waals surface area contributed by atoms with Gasteiger partial charge < -0.3 is 20.1 Å². The molecule has 42 heavy (non-hydrogen) atoms. The Kier molecular flexibility index (Phi) is 10.0. The zero-order chi connectivity index (χ0) is 30.2. The molecule has 0 heterocycles. The van der Waals surface area contributed by atoms with E-state index in [0.29, 0.717) is 24.3 Å². The highest BCUT2D eigenvalue weighted by molar-refractivity contribution is 5.96. The summed E-state index contributed by atoms with van der Waals surface area (Å²) >= 11 is 0. The van der Waals surface area contributed by atoms with Gasteiger partial charge in [0.05, 0.1) is 0 Å². The van der Waals surface area contributed by atoms with Gasteiger partial charge in [-0.3, -0.25) is 9.59 Å². The van der Waals surface area contributed by atoms with Gasteiger partial charge in [0.25, 0.3) is 11.8 Å². The second-order valence-corrected chi connectivity index (χ2v) is 10.6. The Morgan fingerprint density at radius 2 is 0.952 bits per heavy atom. The second-order valence-electron chi connectivity index (χ2n) is 10.6. The standard InChI is InChI=1S/C36H40N2O4/c1-7-31(41-33-15-11-9-13-23(33)3)35(39)37-29-19-17-27(21-25(29)5)28-18-20-30(26(6)22-28)38-36(40)32(8-2)42-34-16-12-10-14-24(34)4/h9-22,31-32H,7-8H2,1-6H3,(H,37,39)(H,38,40). The van der Waals surface area contributed by atoms with E-state index in [2.05, 4.69) is 22.8 Å². The van der Waals surface area contributed by atoms with Crippen LogP contribution in [-0.4, -0.2) is 24.0 Å². The van der Waals surface area contributed by atoms with Crippen LogP contribution in [0.25, 0.3) is 11.1 Å². The molecule has 4 aromatic rings.